The molecule has 1 aromatic carbocycles. The average molecular weight is 391 g/mol. The highest BCUT2D eigenvalue weighted by atomic mass is 35.5. The van der Waals surface area contributed by atoms with Crippen LogP contribution in [0.1, 0.15) is 33.3 Å². The zero-order valence-electron chi connectivity index (χ0n) is 15.6. The van der Waals surface area contributed by atoms with E-state index in [-0.39, 0.29) is 23.0 Å². The molecule has 1 aromatic rings. The number of rotatable bonds is 6. The number of esters is 1. The summed E-state index contributed by atoms with van der Waals surface area (Å²) in [5.41, 5.74) is 0.936. The second-order valence-electron chi connectivity index (χ2n) is 7.67. The number of carbonyl (C=O) groups excluding carboxylic acids is 1. The third kappa shape index (κ3) is 5.48. The molecule has 0 bridgehead atoms. The third-order valence-corrected chi connectivity index (χ3v) is 10.1. The molecule has 2 atom stereocenters. The zero-order valence-corrected chi connectivity index (χ0v) is 18.1. The molecule has 1 rings (SSSR count). The lowest BCUT2D eigenvalue weighted by molar-refractivity contribution is -0.148. The van der Waals surface area contributed by atoms with E-state index in [0.29, 0.717) is 16.5 Å². The van der Waals surface area contributed by atoms with Gasteiger partial charge in [0.25, 0.3) is 0 Å². The van der Waals surface area contributed by atoms with Gasteiger partial charge in [0.15, 0.2) is 8.32 Å². The minimum absolute atomic E-state index is 0.0749. The first-order chi connectivity index (χ1) is 10.9. The summed E-state index contributed by atoms with van der Waals surface area (Å²) in [7, 11) is -0.575. The van der Waals surface area contributed by atoms with E-state index in [1.807, 2.05) is 13.0 Å². The number of ether oxygens (including phenoxy) is 1. The number of carbonyl (C=O) groups is 1. The van der Waals surface area contributed by atoms with Gasteiger partial charge < -0.3 is 9.16 Å². The molecule has 0 heterocycles. The predicted molar refractivity (Wildman–Crippen MR) is 103 cm³/mol. The first kappa shape index (κ1) is 21.5. The van der Waals surface area contributed by atoms with Crippen molar-refractivity contribution in [1.29, 1.82) is 0 Å². The normalized spacial score (nSPS) is 15.0. The Labute approximate surface area is 156 Å². The van der Waals surface area contributed by atoms with Crippen LogP contribution in [0.4, 0.5) is 0 Å². The lowest BCUT2D eigenvalue weighted by Crippen LogP contribution is -2.46. The molecule has 3 nitrogen and oxygen atoms in total. The maximum Gasteiger partial charge on any atom is 0.311 e. The fourth-order valence-electron chi connectivity index (χ4n) is 2.24. The van der Waals surface area contributed by atoms with Gasteiger partial charge in [-0.15, -0.1) is 0 Å². The largest absolute Gasteiger partial charge is 0.469 e. The monoisotopic (exact) mass is 390 g/mol. The fraction of sp³-hybridized carbons (Fsp3) is 0.611. The van der Waals surface area contributed by atoms with Crippen LogP contribution in [0.2, 0.25) is 28.2 Å². The van der Waals surface area contributed by atoms with Crippen LogP contribution >= 0.6 is 23.2 Å². The summed E-state index contributed by atoms with van der Waals surface area (Å²) in [6, 6.07) is 5.41. The number of benzene rings is 1. The van der Waals surface area contributed by atoms with Crippen LogP contribution in [0, 0.1) is 5.92 Å². The Morgan fingerprint density at radius 3 is 2.25 bits per heavy atom. The number of hydrogen-bond donors (Lipinski definition) is 0. The van der Waals surface area contributed by atoms with E-state index in [9.17, 15) is 4.79 Å². The van der Waals surface area contributed by atoms with Crippen molar-refractivity contribution in [3.8, 4) is 0 Å². The minimum atomic E-state index is -1.98. The summed E-state index contributed by atoms with van der Waals surface area (Å²) in [6.45, 7) is 12.8. The van der Waals surface area contributed by atoms with Crippen LogP contribution in [0.25, 0.3) is 0 Å². The van der Waals surface area contributed by atoms with Crippen LogP contribution in [0.3, 0.4) is 0 Å². The summed E-state index contributed by atoms with van der Waals surface area (Å²) in [5.74, 6) is -0.659. The van der Waals surface area contributed by atoms with E-state index >= 15 is 0 Å². The van der Waals surface area contributed by atoms with Gasteiger partial charge in [-0.25, -0.2) is 0 Å². The van der Waals surface area contributed by atoms with Crippen molar-refractivity contribution >= 4 is 37.5 Å². The molecular formula is C18H28Cl2O3Si. The van der Waals surface area contributed by atoms with Crippen molar-refractivity contribution < 1.29 is 14.0 Å². The highest BCUT2D eigenvalue weighted by molar-refractivity contribution is 6.74. The van der Waals surface area contributed by atoms with Crippen LogP contribution in [-0.4, -0.2) is 27.5 Å². The summed E-state index contributed by atoms with van der Waals surface area (Å²) in [4.78, 5) is 12.3. The van der Waals surface area contributed by atoms with Gasteiger partial charge in [0.05, 0.1) is 29.2 Å². The molecule has 0 aromatic heterocycles. The predicted octanol–water partition coefficient (Wildman–Crippen LogP) is 5.74. The quantitative estimate of drug-likeness (QED) is 0.459. The van der Waals surface area contributed by atoms with Crippen molar-refractivity contribution in [3.63, 3.8) is 0 Å². The van der Waals surface area contributed by atoms with Gasteiger partial charge in [-0.2, -0.15) is 0 Å². The Morgan fingerprint density at radius 1 is 1.21 bits per heavy atom. The lowest BCUT2D eigenvalue weighted by Gasteiger charge is -2.40. The van der Waals surface area contributed by atoms with E-state index in [2.05, 4.69) is 33.9 Å². The first-order valence-electron chi connectivity index (χ1n) is 8.08. The van der Waals surface area contributed by atoms with Gasteiger partial charge in [0.2, 0.25) is 0 Å². The van der Waals surface area contributed by atoms with E-state index in [1.165, 1.54) is 7.11 Å². The van der Waals surface area contributed by atoms with E-state index < -0.39 is 8.32 Å². The van der Waals surface area contributed by atoms with Gasteiger partial charge in [-0.05, 0) is 49.2 Å². The van der Waals surface area contributed by atoms with Crippen molar-refractivity contribution in [3.05, 3.63) is 33.8 Å². The number of hydrogen-bond acceptors (Lipinski definition) is 3. The van der Waals surface area contributed by atoms with E-state index in [0.717, 1.165) is 5.56 Å². The molecule has 136 valence electrons. The molecule has 0 N–H and O–H groups in total. The molecule has 0 spiro atoms. The summed E-state index contributed by atoms with van der Waals surface area (Å²) in [6.07, 6.45) is 0.257. The van der Waals surface area contributed by atoms with Crippen molar-refractivity contribution in [1.82, 2.24) is 0 Å². The average Bonchev–Trinajstić information content (AvgIpc) is 2.45. The second-order valence-corrected chi connectivity index (χ2v) is 13.2. The fourth-order valence-corrected chi connectivity index (χ4v) is 4.00. The number of methoxy groups -OCH3 is 1. The molecule has 24 heavy (non-hydrogen) atoms. The molecule has 0 unspecified atom stereocenters. The van der Waals surface area contributed by atoms with E-state index in [1.54, 1.807) is 12.1 Å². The van der Waals surface area contributed by atoms with Gasteiger partial charge in [0.1, 0.15) is 0 Å². The lowest BCUT2D eigenvalue weighted by atomic mass is 9.95. The van der Waals surface area contributed by atoms with Gasteiger partial charge in [-0.1, -0.05) is 50.0 Å². The molecule has 0 saturated heterocycles. The standard InChI is InChI=1S/C18H28Cl2O3Si/c1-12(23-24(6,7)18(2,3)4)14(17(21)22-5)10-13-8-9-15(19)16(20)11-13/h8-9,11-12,14H,10H2,1-7H3/t12-,14-/m1/s1. The Morgan fingerprint density at radius 2 is 1.79 bits per heavy atom. The Hall–Kier alpha value is -0.553. The summed E-state index contributed by atoms with van der Waals surface area (Å²) < 4.78 is 11.4. The molecule has 0 saturated carbocycles. The molecule has 0 fully saturated rings. The van der Waals surface area contributed by atoms with Gasteiger partial charge in [0, 0.05) is 0 Å². The topological polar surface area (TPSA) is 35.5 Å². The Bertz CT molecular complexity index is 582. The molecule has 0 aliphatic carbocycles. The van der Waals surface area contributed by atoms with Crippen LogP contribution in [0.5, 0.6) is 0 Å². The van der Waals surface area contributed by atoms with Gasteiger partial charge >= 0.3 is 5.97 Å². The van der Waals surface area contributed by atoms with Crippen LogP contribution in [0.15, 0.2) is 18.2 Å². The maximum absolute atomic E-state index is 12.3. The van der Waals surface area contributed by atoms with Crippen molar-refractivity contribution in [2.75, 3.05) is 7.11 Å². The highest BCUT2D eigenvalue weighted by Crippen LogP contribution is 2.38. The summed E-state index contributed by atoms with van der Waals surface area (Å²) in [5, 5.41) is 1.06. The van der Waals surface area contributed by atoms with Crippen LogP contribution in [-0.2, 0) is 20.4 Å². The second kappa shape index (κ2) is 8.22. The smallest absolute Gasteiger partial charge is 0.311 e. The van der Waals surface area contributed by atoms with Gasteiger partial charge in [-0.3, -0.25) is 4.79 Å². The zero-order chi connectivity index (χ0) is 18.7. The minimum Gasteiger partial charge on any atom is -0.469 e. The Balaban J connectivity index is 3.00. The molecule has 6 heteroatoms. The molecule has 0 radical (unpaired) electrons. The molecule has 0 amide bonds. The molecule has 0 aliphatic heterocycles. The van der Waals surface area contributed by atoms with E-state index in [4.69, 9.17) is 32.4 Å². The molecule has 0 aliphatic rings. The third-order valence-electron chi connectivity index (χ3n) is 4.80. The Kier molecular flexibility index (Phi) is 7.36. The van der Waals surface area contributed by atoms with Crippen molar-refractivity contribution in [2.24, 2.45) is 5.92 Å². The van der Waals surface area contributed by atoms with Crippen LogP contribution < -0.4 is 0 Å². The highest BCUT2D eigenvalue weighted by Gasteiger charge is 2.41. The summed E-state index contributed by atoms with van der Waals surface area (Å²) >= 11 is 12.0. The van der Waals surface area contributed by atoms with Crippen molar-refractivity contribution in [2.45, 2.75) is 58.4 Å². The first-order valence-corrected chi connectivity index (χ1v) is 11.7. The SMILES string of the molecule is COC(=O)[C@H](Cc1ccc(Cl)c(Cl)c1)[C@@H](C)O[Si](C)(C)C(C)(C)C. The maximum atomic E-state index is 12.3. The number of halogens is 2. The molecular weight excluding hydrogens is 363 g/mol.